The van der Waals surface area contributed by atoms with Gasteiger partial charge >= 0.3 is 0 Å². The fraction of sp³-hybridized carbons (Fsp3) is 0.211. The van der Waals surface area contributed by atoms with Crippen molar-refractivity contribution >= 4 is 57.9 Å². The molecule has 0 saturated heterocycles. The number of hydrazone groups is 1. The van der Waals surface area contributed by atoms with Crippen molar-refractivity contribution in [2.24, 2.45) is 5.10 Å². The summed E-state index contributed by atoms with van der Waals surface area (Å²) in [5, 5.41) is 16.9. The standard InChI is InChI=1S/C19H19ClIN3O4/c1-11-3-4-13(9-14(11)20)23-17(25)5-6-18(26)24-22-10-12-7-15(21)19(27)16(8-12)28-2/h3-4,7-10,27H,5-6H2,1-2H3,(H,23,25)(H,24,26)/b22-10+. The Hall–Kier alpha value is -2.33. The van der Waals surface area contributed by atoms with Crippen molar-refractivity contribution < 1.29 is 19.4 Å². The summed E-state index contributed by atoms with van der Waals surface area (Å²) in [4.78, 5) is 23.8. The Morgan fingerprint density at radius 2 is 1.96 bits per heavy atom. The lowest BCUT2D eigenvalue weighted by molar-refractivity contribution is -0.124. The van der Waals surface area contributed by atoms with Gasteiger partial charge < -0.3 is 15.2 Å². The fourth-order valence-corrected chi connectivity index (χ4v) is 2.99. The minimum atomic E-state index is -0.395. The van der Waals surface area contributed by atoms with Crippen molar-refractivity contribution in [3.05, 3.63) is 50.1 Å². The Bertz CT molecular complexity index is 918. The maximum absolute atomic E-state index is 11.9. The van der Waals surface area contributed by atoms with Crippen LogP contribution in [0.2, 0.25) is 5.02 Å². The lowest BCUT2D eigenvalue weighted by atomic mass is 10.2. The number of benzene rings is 2. The second-order valence-corrected chi connectivity index (χ2v) is 7.43. The number of hydrogen-bond donors (Lipinski definition) is 3. The topological polar surface area (TPSA) is 100 Å². The van der Waals surface area contributed by atoms with Gasteiger partial charge in [-0.05, 0) is 64.9 Å². The third-order valence-corrected chi connectivity index (χ3v) is 4.94. The number of methoxy groups -OCH3 is 1. The van der Waals surface area contributed by atoms with Gasteiger partial charge in [-0.1, -0.05) is 17.7 Å². The molecule has 0 saturated carbocycles. The number of aromatic hydroxyl groups is 1. The molecule has 0 bridgehead atoms. The Labute approximate surface area is 181 Å². The molecule has 0 spiro atoms. The summed E-state index contributed by atoms with van der Waals surface area (Å²) in [5.41, 5.74) is 4.50. The van der Waals surface area contributed by atoms with Crippen molar-refractivity contribution in [2.75, 3.05) is 12.4 Å². The highest BCUT2D eigenvalue weighted by atomic mass is 127. The van der Waals surface area contributed by atoms with Crippen LogP contribution < -0.4 is 15.5 Å². The highest BCUT2D eigenvalue weighted by Crippen LogP contribution is 2.31. The molecular formula is C19H19ClIN3O4. The van der Waals surface area contributed by atoms with E-state index >= 15 is 0 Å². The number of rotatable bonds is 7. The third kappa shape index (κ3) is 6.38. The van der Waals surface area contributed by atoms with Gasteiger partial charge in [0.1, 0.15) is 0 Å². The number of aryl methyl sites for hydroxylation is 1. The van der Waals surface area contributed by atoms with Crippen LogP contribution in [0.15, 0.2) is 35.4 Å². The molecule has 9 heteroatoms. The number of halogens is 2. The van der Waals surface area contributed by atoms with Gasteiger partial charge in [0.05, 0.1) is 16.9 Å². The van der Waals surface area contributed by atoms with E-state index in [2.05, 4.69) is 15.8 Å². The first-order valence-corrected chi connectivity index (χ1v) is 9.70. The highest BCUT2D eigenvalue weighted by Gasteiger charge is 2.09. The Kier molecular flexibility index (Phi) is 8.06. The smallest absolute Gasteiger partial charge is 0.240 e. The number of phenolic OH excluding ortho intramolecular Hbond substituents is 1. The first kappa shape index (κ1) is 22.0. The molecule has 7 nitrogen and oxygen atoms in total. The molecule has 0 aromatic heterocycles. The number of carbonyl (C=O) groups is 2. The first-order chi connectivity index (χ1) is 13.3. The largest absolute Gasteiger partial charge is 0.504 e. The summed E-state index contributed by atoms with van der Waals surface area (Å²) < 4.78 is 5.66. The number of carbonyl (C=O) groups excluding carboxylic acids is 2. The van der Waals surface area contributed by atoms with Crippen LogP contribution in [0.25, 0.3) is 0 Å². The number of anilines is 1. The Morgan fingerprint density at radius 1 is 1.25 bits per heavy atom. The van der Waals surface area contributed by atoms with Gasteiger partial charge in [0, 0.05) is 23.6 Å². The van der Waals surface area contributed by atoms with Gasteiger partial charge in [-0.25, -0.2) is 5.43 Å². The minimum absolute atomic E-state index is 0.0117. The third-order valence-electron chi connectivity index (χ3n) is 3.71. The molecular weight excluding hydrogens is 497 g/mol. The van der Waals surface area contributed by atoms with Crippen LogP contribution in [0.3, 0.4) is 0 Å². The minimum Gasteiger partial charge on any atom is -0.504 e. The molecule has 3 N–H and O–H groups in total. The van der Waals surface area contributed by atoms with Crippen molar-refractivity contribution in [3.63, 3.8) is 0 Å². The first-order valence-electron chi connectivity index (χ1n) is 8.24. The van der Waals surface area contributed by atoms with Crippen molar-refractivity contribution in [2.45, 2.75) is 19.8 Å². The van der Waals surface area contributed by atoms with E-state index in [0.717, 1.165) is 5.56 Å². The average Bonchev–Trinajstić information content (AvgIpc) is 2.65. The molecule has 0 aliphatic heterocycles. The molecule has 0 heterocycles. The molecule has 2 amide bonds. The van der Waals surface area contributed by atoms with Crippen LogP contribution >= 0.6 is 34.2 Å². The molecule has 148 valence electrons. The van der Waals surface area contributed by atoms with E-state index in [-0.39, 0.29) is 24.5 Å². The van der Waals surface area contributed by atoms with E-state index in [0.29, 0.717) is 25.6 Å². The monoisotopic (exact) mass is 515 g/mol. The zero-order valence-electron chi connectivity index (χ0n) is 15.3. The van der Waals surface area contributed by atoms with Gasteiger partial charge in [-0.3, -0.25) is 9.59 Å². The molecule has 2 rings (SSSR count). The number of amides is 2. The van der Waals surface area contributed by atoms with Gasteiger partial charge in [0.2, 0.25) is 11.8 Å². The summed E-state index contributed by atoms with van der Waals surface area (Å²) >= 11 is 7.98. The van der Waals surface area contributed by atoms with Gasteiger partial charge in [0.15, 0.2) is 11.5 Å². The quantitative estimate of drug-likeness (QED) is 0.296. The van der Waals surface area contributed by atoms with E-state index in [4.69, 9.17) is 16.3 Å². The number of nitrogens with zero attached hydrogens (tertiary/aromatic N) is 1. The van der Waals surface area contributed by atoms with E-state index in [1.807, 2.05) is 29.5 Å². The molecule has 0 radical (unpaired) electrons. The van der Waals surface area contributed by atoms with Crippen LogP contribution in [0.5, 0.6) is 11.5 Å². The molecule has 2 aromatic rings. The average molecular weight is 516 g/mol. The van der Waals surface area contributed by atoms with E-state index in [1.54, 1.807) is 30.3 Å². The highest BCUT2D eigenvalue weighted by molar-refractivity contribution is 14.1. The molecule has 0 fully saturated rings. The maximum atomic E-state index is 11.9. The molecule has 2 aromatic carbocycles. The summed E-state index contributed by atoms with van der Waals surface area (Å²) in [5.74, 6) is -0.330. The van der Waals surface area contributed by atoms with Gasteiger partial charge in [0.25, 0.3) is 0 Å². The van der Waals surface area contributed by atoms with Gasteiger partial charge in [-0.2, -0.15) is 5.10 Å². The zero-order chi connectivity index (χ0) is 20.7. The predicted octanol–water partition coefficient (Wildman–Crippen LogP) is 3.84. The maximum Gasteiger partial charge on any atom is 0.240 e. The van der Waals surface area contributed by atoms with Crippen LogP contribution in [-0.4, -0.2) is 30.2 Å². The van der Waals surface area contributed by atoms with Crippen LogP contribution in [0.1, 0.15) is 24.0 Å². The SMILES string of the molecule is COc1cc(/C=N/NC(=O)CCC(=O)Nc2ccc(C)c(Cl)c2)cc(I)c1O. The molecule has 0 atom stereocenters. The van der Waals surface area contributed by atoms with E-state index in [1.165, 1.54) is 13.3 Å². The summed E-state index contributed by atoms with van der Waals surface area (Å²) in [6, 6.07) is 8.49. The fourth-order valence-electron chi connectivity index (χ4n) is 2.18. The normalized spacial score (nSPS) is 10.7. The summed E-state index contributed by atoms with van der Waals surface area (Å²) in [6.07, 6.45) is 1.42. The zero-order valence-corrected chi connectivity index (χ0v) is 18.2. The van der Waals surface area contributed by atoms with Crippen LogP contribution in [0.4, 0.5) is 5.69 Å². The molecule has 0 aliphatic carbocycles. The number of ether oxygens (including phenoxy) is 1. The lowest BCUT2D eigenvalue weighted by Gasteiger charge is -2.07. The summed E-state index contributed by atoms with van der Waals surface area (Å²) in [7, 11) is 1.45. The van der Waals surface area contributed by atoms with Crippen molar-refractivity contribution in [1.29, 1.82) is 0 Å². The van der Waals surface area contributed by atoms with Crippen molar-refractivity contribution in [1.82, 2.24) is 5.43 Å². The number of phenols is 1. The van der Waals surface area contributed by atoms with Crippen molar-refractivity contribution in [3.8, 4) is 11.5 Å². The van der Waals surface area contributed by atoms with Gasteiger partial charge in [-0.15, -0.1) is 0 Å². The summed E-state index contributed by atoms with van der Waals surface area (Å²) in [6.45, 7) is 1.87. The lowest BCUT2D eigenvalue weighted by Crippen LogP contribution is -2.20. The molecule has 28 heavy (non-hydrogen) atoms. The molecule has 0 aliphatic rings. The Morgan fingerprint density at radius 3 is 2.64 bits per heavy atom. The van der Waals surface area contributed by atoms with Crippen LogP contribution in [-0.2, 0) is 9.59 Å². The number of hydrogen-bond acceptors (Lipinski definition) is 5. The van der Waals surface area contributed by atoms with E-state index in [9.17, 15) is 14.7 Å². The van der Waals surface area contributed by atoms with E-state index < -0.39 is 5.91 Å². The molecule has 0 unspecified atom stereocenters. The second-order valence-electron chi connectivity index (χ2n) is 5.86. The number of nitrogens with one attached hydrogen (secondary N) is 2. The Balaban J connectivity index is 1.82. The van der Waals surface area contributed by atoms with Crippen LogP contribution in [0, 0.1) is 10.5 Å². The second kappa shape index (κ2) is 10.3. The predicted molar refractivity (Wildman–Crippen MR) is 117 cm³/mol.